The van der Waals surface area contributed by atoms with Crippen LogP contribution in [0.4, 0.5) is 5.95 Å². The minimum atomic E-state index is -0.205. The quantitative estimate of drug-likeness (QED) is 0.688. The van der Waals surface area contributed by atoms with E-state index in [1.54, 1.807) is 6.20 Å². The minimum absolute atomic E-state index is 0.205. The van der Waals surface area contributed by atoms with Gasteiger partial charge in [0.15, 0.2) is 5.95 Å². The summed E-state index contributed by atoms with van der Waals surface area (Å²) < 4.78 is 5.74. The third kappa shape index (κ3) is 1.54. The predicted octanol–water partition coefficient (Wildman–Crippen LogP) is 1.41. The number of nitrogens with one attached hydrogen (secondary N) is 1. The van der Waals surface area contributed by atoms with Crippen LogP contribution in [0.2, 0.25) is 0 Å². The molecular weight excluding hydrogens is 166 g/mol. The van der Waals surface area contributed by atoms with Gasteiger partial charge < -0.3 is 15.5 Å². The molecule has 1 fully saturated rings. The first-order valence-corrected chi connectivity index (χ1v) is 4.66. The lowest BCUT2D eigenvalue weighted by Gasteiger charge is -2.32. The number of imidazole rings is 1. The number of ether oxygens (including phenoxy) is 1. The maximum absolute atomic E-state index is 5.74. The summed E-state index contributed by atoms with van der Waals surface area (Å²) in [6.45, 7) is 2.91. The molecule has 0 aromatic carbocycles. The van der Waals surface area contributed by atoms with Gasteiger partial charge in [-0.15, -0.1) is 0 Å². The Bertz CT molecular complexity index is 289. The summed E-state index contributed by atoms with van der Waals surface area (Å²) in [4.78, 5) is 7.01. The summed E-state index contributed by atoms with van der Waals surface area (Å²) >= 11 is 0. The maximum atomic E-state index is 5.74. The number of H-pyrrole nitrogens is 1. The number of anilines is 1. The molecule has 0 aliphatic carbocycles. The highest BCUT2D eigenvalue weighted by molar-refractivity contribution is 5.22. The highest BCUT2D eigenvalue weighted by atomic mass is 16.5. The van der Waals surface area contributed by atoms with Crippen LogP contribution in [-0.2, 0) is 10.3 Å². The van der Waals surface area contributed by atoms with E-state index in [-0.39, 0.29) is 5.60 Å². The molecule has 3 N–H and O–H groups in total. The van der Waals surface area contributed by atoms with E-state index in [0.717, 1.165) is 25.1 Å². The highest BCUT2D eigenvalue weighted by Crippen LogP contribution is 2.33. The van der Waals surface area contributed by atoms with E-state index in [4.69, 9.17) is 10.5 Å². The summed E-state index contributed by atoms with van der Waals surface area (Å²) in [5, 5.41) is 0. The lowest BCUT2D eigenvalue weighted by atomic mass is 9.93. The van der Waals surface area contributed by atoms with Gasteiger partial charge in [-0.1, -0.05) is 0 Å². The number of rotatable bonds is 1. The number of hydrogen-bond acceptors (Lipinski definition) is 3. The molecule has 0 amide bonds. The van der Waals surface area contributed by atoms with Crippen LogP contribution in [0.15, 0.2) is 6.20 Å². The molecule has 1 aromatic rings. The average Bonchev–Trinajstić information content (AvgIpc) is 2.54. The van der Waals surface area contributed by atoms with Crippen LogP contribution in [0.25, 0.3) is 0 Å². The number of nitrogens with zero attached hydrogens (tertiary/aromatic N) is 1. The molecule has 1 aliphatic rings. The Morgan fingerprint density at radius 1 is 1.62 bits per heavy atom. The lowest BCUT2D eigenvalue weighted by molar-refractivity contribution is -0.0726. The molecular formula is C9H15N3O. The van der Waals surface area contributed by atoms with Gasteiger partial charge >= 0.3 is 0 Å². The van der Waals surface area contributed by atoms with Crippen LogP contribution in [0.1, 0.15) is 31.9 Å². The Morgan fingerprint density at radius 2 is 2.46 bits per heavy atom. The Hall–Kier alpha value is -1.03. The smallest absolute Gasteiger partial charge is 0.197 e. The van der Waals surface area contributed by atoms with Gasteiger partial charge in [-0.05, 0) is 26.2 Å². The predicted molar refractivity (Wildman–Crippen MR) is 50.2 cm³/mol. The standard InChI is InChI=1S/C9H15N3O/c1-9(4-2-3-5-13-9)7-6-11-8(10)12-7/h6H,2-5H2,1H3,(H3,10,11,12). The normalized spacial score (nSPS) is 29.0. The summed E-state index contributed by atoms with van der Waals surface area (Å²) in [5.41, 5.74) is 6.31. The van der Waals surface area contributed by atoms with Crippen LogP contribution in [0.5, 0.6) is 0 Å². The monoisotopic (exact) mass is 181 g/mol. The van der Waals surface area contributed by atoms with Gasteiger partial charge in [0.2, 0.25) is 0 Å². The average molecular weight is 181 g/mol. The Balaban J connectivity index is 2.22. The van der Waals surface area contributed by atoms with Crippen molar-refractivity contribution in [3.63, 3.8) is 0 Å². The largest absolute Gasteiger partial charge is 0.369 e. The maximum Gasteiger partial charge on any atom is 0.197 e. The van der Waals surface area contributed by atoms with Crippen molar-refractivity contribution >= 4 is 5.95 Å². The molecule has 2 rings (SSSR count). The number of nitrogens with two attached hydrogens (primary N) is 1. The molecule has 0 radical (unpaired) electrons. The molecule has 0 bridgehead atoms. The second-order valence-electron chi connectivity index (χ2n) is 3.72. The summed E-state index contributed by atoms with van der Waals surface area (Å²) in [6.07, 6.45) is 5.16. The third-order valence-electron chi connectivity index (χ3n) is 2.63. The zero-order chi connectivity index (χ0) is 9.31. The van der Waals surface area contributed by atoms with Crippen LogP contribution < -0.4 is 5.73 Å². The van der Waals surface area contributed by atoms with Crippen molar-refractivity contribution in [2.24, 2.45) is 0 Å². The van der Waals surface area contributed by atoms with Crippen LogP contribution in [0.3, 0.4) is 0 Å². The Labute approximate surface area is 77.5 Å². The number of aromatic nitrogens is 2. The van der Waals surface area contributed by atoms with Crippen molar-refractivity contribution in [1.82, 2.24) is 9.97 Å². The zero-order valence-electron chi connectivity index (χ0n) is 7.84. The van der Waals surface area contributed by atoms with Gasteiger partial charge in [-0.25, -0.2) is 4.98 Å². The third-order valence-corrected chi connectivity index (χ3v) is 2.63. The first-order valence-electron chi connectivity index (χ1n) is 4.66. The van der Waals surface area contributed by atoms with E-state index in [1.807, 2.05) is 0 Å². The van der Waals surface area contributed by atoms with Gasteiger partial charge in [0.05, 0.1) is 11.9 Å². The topological polar surface area (TPSA) is 63.9 Å². The molecule has 1 aliphatic heterocycles. The van der Waals surface area contributed by atoms with Gasteiger partial charge in [0, 0.05) is 6.61 Å². The van der Waals surface area contributed by atoms with Crippen molar-refractivity contribution < 1.29 is 4.74 Å². The van der Waals surface area contributed by atoms with Crippen LogP contribution in [0, 0.1) is 0 Å². The molecule has 4 heteroatoms. The number of hydrogen-bond donors (Lipinski definition) is 2. The van der Waals surface area contributed by atoms with Gasteiger partial charge in [-0.2, -0.15) is 0 Å². The van der Waals surface area contributed by atoms with Crippen LogP contribution >= 0.6 is 0 Å². The number of aromatic amines is 1. The fourth-order valence-electron chi connectivity index (χ4n) is 1.75. The first kappa shape index (κ1) is 8.56. The van der Waals surface area contributed by atoms with Crippen molar-refractivity contribution in [2.45, 2.75) is 31.8 Å². The summed E-state index contributed by atoms with van der Waals surface area (Å²) in [6, 6.07) is 0. The zero-order valence-corrected chi connectivity index (χ0v) is 7.84. The van der Waals surface area contributed by atoms with E-state index in [2.05, 4.69) is 16.9 Å². The molecule has 2 heterocycles. The van der Waals surface area contributed by atoms with E-state index in [0.29, 0.717) is 5.95 Å². The summed E-state index contributed by atoms with van der Waals surface area (Å²) in [7, 11) is 0. The van der Waals surface area contributed by atoms with Crippen molar-refractivity contribution in [1.29, 1.82) is 0 Å². The SMILES string of the molecule is CC1(c2cnc(N)[nH]2)CCCCO1. The molecule has 4 nitrogen and oxygen atoms in total. The molecule has 1 aromatic heterocycles. The molecule has 0 saturated carbocycles. The highest BCUT2D eigenvalue weighted by Gasteiger charge is 2.31. The second-order valence-corrected chi connectivity index (χ2v) is 3.72. The molecule has 1 unspecified atom stereocenters. The fourth-order valence-corrected chi connectivity index (χ4v) is 1.75. The van der Waals surface area contributed by atoms with Gasteiger partial charge in [0.1, 0.15) is 5.60 Å². The fraction of sp³-hybridized carbons (Fsp3) is 0.667. The Morgan fingerprint density at radius 3 is 3.00 bits per heavy atom. The van der Waals surface area contributed by atoms with E-state index < -0.39 is 0 Å². The summed E-state index contributed by atoms with van der Waals surface area (Å²) in [5.74, 6) is 0.463. The number of nitrogen functional groups attached to an aromatic ring is 1. The van der Waals surface area contributed by atoms with Crippen molar-refractivity contribution in [2.75, 3.05) is 12.3 Å². The van der Waals surface area contributed by atoms with Crippen molar-refractivity contribution in [3.05, 3.63) is 11.9 Å². The van der Waals surface area contributed by atoms with Gasteiger partial charge in [0.25, 0.3) is 0 Å². The van der Waals surface area contributed by atoms with E-state index in [1.165, 1.54) is 6.42 Å². The first-order chi connectivity index (χ1) is 6.21. The molecule has 72 valence electrons. The van der Waals surface area contributed by atoms with Crippen LogP contribution in [-0.4, -0.2) is 16.6 Å². The van der Waals surface area contributed by atoms with E-state index in [9.17, 15) is 0 Å². The molecule has 13 heavy (non-hydrogen) atoms. The Kier molecular flexibility index (Phi) is 2.00. The molecule has 1 atom stereocenters. The molecule has 0 spiro atoms. The molecule has 1 saturated heterocycles. The second kappa shape index (κ2) is 3.03. The lowest BCUT2D eigenvalue weighted by Crippen LogP contribution is -2.30. The van der Waals surface area contributed by atoms with Gasteiger partial charge in [-0.3, -0.25) is 0 Å². The van der Waals surface area contributed by atoms with Crippen molar-refractivity contribution in [3.8, 4) is 0 Å². The van der Waals surface area contributed by atoms with E-state index >= 15 is 0 Å². The minimum Gasteiger partial charge on any atom is -0.369 e.